The lowest BCUT2D eigenvalue weighted by atomic mass is 9.96. The normalized spacial score (nSPS) is 26.5. The number of rotatable bonds is 5. The molecule has 2 fully saturated rings. The highest BCUT2D eigenvalue weighted by molar-refractivity contribution is 7.07. The van der Waals surface area contributed by atoms with Gasteiger partial charge in [-0.15, -0.1) is 11.3 Å². The lowest BCUT2D eigenvalue weighted by Crippen LogP contribution is -2.41. The van der Waals surface area contributed by atoms with Gasteiger partial charge in [-0.05, 0) is 5.92 Å². The maximum Gasteiger partial charge on any atom is 0.228 e. The van der Waals surface area contributed by atoms with Crippen molar-refractivity contribution >= 4 is 17.2 Å². The number of aliphatic hydroxyl groups is 1. The summed E-state index contributed by atoms with van der Waals surface area (Å²) in [7, 11) is 0. The van der Waals surface area contributed by atoms with Gasteiger partial charge < -0.3 is 14.7 Å². The number of hydrogen-bond donors (Lipinski definition) is 1. The van der Waals surface area contributed by atoms with E-state index >= 15 is 0 Å². The van der Waals surface area contributed by atoms with E-state index in [-0.39, 0.29) is 18.4 Å². The third-order valence-electron chi connectivity index (χ3n) is 4.58. The SMILES string of the molecule is O=C(Cc1cscn1)N1CC(CO)C(CN2CCOCC2)C1. The molecule has 0 aromatic carbocycles. The summed E-state index contributed by atoms with van der Waals surface area (Å²) in [5.74, 6) is 0.651. The summed E-state index contributed by atoms with van der Waals surface area (Å²) in [6, 6.07) is 0. The number of amides is 1. The number of hydrogen-bond acceptors (Lipinski definition) is 6. The Kier molecular flexibility index (Phi) is 5.41. The van der Waals surface area contributed by atoms with Crippen LogP contribution < -0.4 is 0 Å². The zero-order valence-electron chi connectivity index (χ0n) is 12.7. The van der Waals surface area contributed by atoms with Crippen molar-refractivity contribution in [1.29, 1.82) is 0 Å². The predicted molar refractivity (Wildman–Crippen MR) is 83.7 cm³/mol. The first-order valence-electron chi connectivity index (χ1n) is 7.82. The van der Waals surface area contributed by atoms with Crippen LogP contribution in [0.3, 0.4) is 0 Å². The van der Waals surface area contributed by atoms with Crippen LogP contribution in [0.2, 0.25) is 0 Å². The molecule has 2 unspecified atom stereocenters. The first-order chi connectivity index (χ1) is 10.8. The van der Waals surface area contributed by atoms with E-state index in [0.717, 1.165) is 45.1 Å². The number of nitrogens with zero attached hydrogens (tertiary/aromatic N) is 3. The monoisotopic (exact) mass is 325 g/mol. The summed E-state index contributed by atoms with van der Waals surface area (Å²) in [5.41, 5.74) is 2.59. The average Bonchev–Trinajstić information content (AvgIpc) is 3.18. The Morgan fingerprint density at radius 2 is 2.14 bits per heavy atom. The smallest absolute Gasteiger partial charge is 0.228 e. The lowest BCUT2D eigenvalue weighted by Gasteiger charge is -2.30. The molecular weight excluding hydrogens is 302 g/mol. The van der Waals surface area contributed by atoms with Crippen LogP contribution in [0.25, 0.3) is 0 Å². The van der Waals surface area contributed by atoms with E-state index in [1.807, 2.05) is 10.3 Å². The van der Waals surface area contributed by atoms with Crippen molar-refractivity contribution in [2.75, 3.05) is 52.5 Å². The minimum atomic E-state index is 0.119. The quantitative estimate of drug-likeness (QED) is 0.831. The largest absolute Gasteiger partial charge is 0.396 e. The highest BCUT2D eigenvalue weighted by atomic mass is 32.1. The van der Waals surface area contributed by atoms with Crippen LogP contribution in [0, 0.1) is 11.8 Å². The molecule has 6 nitrogen and oxygen atoms in total. The van der Waals surface area contributed by atoms with Crippen molar-refractivity contribution < 1.29 is 14.6 Å². The van der Waals surface area contributed by atoms with Gasteiger partial charge in [0.2, 0.25) is 5.91 Å². The van der Waals surface area contributed by atoms with Crippen LogP contribution in [-0.2, 0) is 16.0 Å². The Morgan fingerprint density at radius 1 is 1.36 bits per heavy atom. The maximum absolute atomic E-state index is 12.4. The van der Waals surface area contributed by atoms with Crippen LogP contribution in [0.1, 0.15) is 5.69 Å². The zero-order chi connectivity index (χ0) is 15.4. The fraction of sp³-hybridized carbons (Fsp3) is 0.733. The van der Waals surface area contributed by atoms with Crippen LogP contribution in [0.4, 0.5) is 0 Å². The second-order valence-electron chi connectivity index (χ2n) is 6.07. The van der Waals surface area contributed by atoms with Crippen molar-refractivity contribution in [2.45, 2.75) is 6.42 Å². The van der Waals surface area contributed by atoms with Gasteiger partial charge in [-0.1, -0.05) is 0 Å². The Labute approximate surface area is 134 Å². The van der Waals surface area contributed by atoms with Crippen molar-refractivity contribution in [3.63, 3.8) is 0 Å². The first-order valence-corrected chi connectivity index (χ1v) is 8.76. The summed E-state index contributed by atoms with van der Waals surface area (Å²) >= 11 is 1.51. The molecule has 3 heterocycles. The highest BCUT2D eigenvalue weighted by Gasteiger charge is 2.35. The minimum absolute atomic E-state index is 0.119. The molecule has 2 atom stereocenters. The topological polar surface area (TPSA) is 65.9 Å². The van der Waals surface area contributed by atoms with E-state index in [4.69, 9.17) is 4.74 Å². The molecule has 2 saturated heterocycles. The van der Waals surface area contributed by atoms with Gasteiger partial charge in [0.15, 0.2) is 0 Å². The second kappa shape index (κ2) is 7.50. The molecule has 2 aliphatic heterocycles. The van der Waals surface area contributed by atoms with Gasteiger partial charge in [0.25, 0.3) is 0 Å². The molecule has 1 amide bonds. The Morgan fingerprint density at radius 3 is 2.82 bits per heavy atom. The molecule has 2 aliphatic rings. The van der Waals surface area contributed by atoms with E-state index in [0.29, 0.717) is 18.9 Å². The van der Waals surface area contributed by atoms with E-state index in [1.165, 1.54) is 11.3 Å². The van der Waals surface area contributed by atoms with Crippen molar-refractivity contribution in [1.82, 2.24) is 14.8 Å². The number of likely N-dealkylation sites (tertiary alicyclic amines) is 1. The van der Waals surface area contributed by atoms with Crippen molar-refractivity contribution in [3.05, 3.63) is 16.6 Å². The van der Waals surface area contributed by atoms with Crippen LogP contribution in [0.5, 0.6) is 0 Å². The molecule has 0 radical (unpaired) electrons. The number of morpholine rings is 1. The number of thiazole rings is 1. The second-order valence-corrected chi connectivity index (χ2v) is 6.79. The molecular formula is C15H23N3O3S. The molecule has 0 saturated carbocycles. The summed E-state index contributed by atoms with van der Waals surface area (Å²) < 4.78 is 5.37. The third-order valence-corrected chi connectivity index (χ3v) is 5.21. The average molecular weight is 325 g/mol. The van der Waals surface area contributed by atoms with Gasteiger partial charge in [-0.3, -0.25) is 9.69 Å². The lowest BCUT2D eigenvalue weighted by molar-refractivity contribution is -0.129. The molecule has 1 N–H and O–H groups in total. The number of aliphatic hydroxyl groups excluding tert-OH is 1. The molecule has 0 spiro atoms. The molecule has 22 heavy (non-hydrogen) atoms. The molecule has 1 aromatic rings. The molecule has 0 bridgehead atoms. The van der Waals surface area contributed by atoms with Gasteiger partial charge in [0.05, 0.1) is 30.8 Å². The van der Waals surface area contributed by atoms with Crippen LogP contribution in [-0.4, -0.2) is 78.3 Å². The fourth-order valence-electron chi connectivity index (χ4n) is 3.26. The number of carbonyl (C=O) groups is 1. The maximum atomic E-state index is 12.4. The molecule has 122 valence electrons. The van der Waals surface area contributed by atoms with Crippen molar-refractivity contribution in [3.8, 4) is 0 Å². The predicted octanol–water partition coefficient (Wildman–Crippen LogP) is 0.0847. The van der Waals surface area contributed by atoms with Gasteiger partial charge in [0.1, 0.15) is 0 Å². The summed E-state index contributed by atoms with van der Waals surface area (Å²) in [6.45, 7) is 5.94. The van der Waals surface area contributed by atoms with Gasteiger partial charge >= 0.3 is 0 Å². The van der Waals surface area contributed by atoms with E-state index < -0.39 is 0 Å². The van der Waals surface area contributed by atoms with Crippen molar-refractivity contribution in [2.24, 2.45) is 11.8 Å². The molecule has 3 rings (SSSR count). The number of carbonyl (C=O) groups excluding carboxylic acids is 1. The Balaban J connectivity index is 1.55. The highest BCUT2D eigenvalue weighted by Crippen LogP contribution is 2.25. The van der Waals surface area contributed by atoms with Crippen LogP contribution >= 0.6 is 11.3 Å². The van der Waals surface area contributed by atoms with E-state index in [1.54, 1.807) is 5.51 Å². The van der Waals surface area contributed by atoms with E-state index in [9.17, 15) is 9.90 Å². The van der Waals surface area contributed by atoms with Crippen LogP contribution in [0.15, 0.2) is 10.9 Å². The summed E-state index contributed by atoms with van der Waals surface area (Å²) in [4.78, 5) is 20.8. The molecule has 1 aromatic heterocycles. The third kappa shape index (κ3) is 3.84. The fourth-order valence-corrected chi connectivity index (χ4v) is 3.82. The standard InChI is InChI=1S/C15H23N3O3S/c19-9-13-8-18(15(20)5-14-10-22-11-16-14)7-12(13)6-17-1-3-21-4-2-17/h10-13,19H,1-9H2. The van der Waals surface area contributed by atoms with Gasteiger partial charge in [-0.2, -0.15) is 0 Å². The number of aromatic nitrogens is 1. The van der Waals surface area contributed by atoms with E-state index in [2.05, 4.69) is 9.88 Å². The summed E-state index contributed by atoms with van der Waals surface area (Å²) in [5, 5.41) is 11.5. The first kappa shape index (κ1) is 15.9. The Bertz CT molecular complexity index is 476. The molecule has 0 aliphatic carbocycles. The summed E-state index contributed by atoms with van der Waals surface area (Å²) in [6.07, 6.45) is 0.367. The van der Waals surface area contributed by atoms with Gasteiger partial charge in [-0.25, -0.2) is 4.98 Å². The molecule has 7 heteroatoms. The Hall–Kier alpha value is -1.02. The minimum Gasteiger partial charge on any atom is -0.396 e. The van der Waals surface area contributed by atoms with Gasteiger partial charge in [0, 0.05) is 50.6 Å². The zero-order valence-corrected chi connectivity index (χ0v) is 13.5. The number of ether oxygens (including phenoxy) is 1.